The summed E-state index contributed by atoms with van der Waals surface area (Å²) >= 11 is 1.76. The molecule has 1 saturated heterocycles. The molecule has 6 heteroatoms. The summed E-state index contributed by atoms with van der Waals surface area (Å²) in [5, 5.41) is 17.4. The Bertz CT molecular complexity index is 334. The first-order valence-corrected chi connectivity index (χ1v) is 6.64. The summed E-state index contributed by atoms with van der Waals surface area (Å²) in [6.45, 7) is 5.50. The normalized spacial score (nSPS) is 23.6. The van der Waals surface area contributed by atoms with E-state index >= 15 is 0 Å². The van der Waals surface area contributed by atoms with E-state index in [0.29, 0.717) is 5.92 Å². The quantitative estimate of drug-likeness (QED) is 0.745. The average molecular weight is 278 g/mol. The van der Waals surface area contributed by atoms with E-state index in [-0.39, 0.29) is 18.5 Å². The highest BCUT2D eigenvalue weighted by Gasteiger charge is 2.23. The molecule has 0 amide bonds. The van der Waals surface area contributed by atoms with Crippen LogP contribution in [0.4, 0.5) is 0 Å². The Morgan fingerprint density at radius 3 is 3.00 bits per heavy atom. The topological polar surface area (TPSA) is 57.2 Å². The summed E-state index contributed by atoms with van der Waals surface area (Å²) in [5.41, 5.74) is 0. The number of aliphatic hydroxyl groups excluding tert-OH is 1. The first kappa shape index (κ1) is 14.9. The van der Waals surface area contributed by atoms with E-state index in [1.807, 2.05) is 6.20 Å². The fourth-order valence-electron chi connectivity index (χ4n) is 1.90. The van der Waals surface area contributed by atoms with Crippen LogP contribution in [0.3, 0.4) is 0 Å². The molecule has 0 radical (unpaired) electrons. The minimum absolute atomic E-state index is 0. The van der Waals surface area contributed by atoms with Crippen molar-refractivity contribution in [3.8, 4) is 0 Å². The number of aryl methyl sites for hydroxylation is 1. The number of halogens is 1. The number of rotatable bonds is 5. The number of nitrogens with one attached hydrogen (secondary N) is 2. The molecule has 3 N–H and O–H groups in total. The maximum absolute atomic E-state index is 9.62. The molecular formula is C11H20ClN3OS. The van der Waals surface area contributed by atoms with Crippen molar-refractivity contribution in [3.63, 3.8) is 0 Å². The van der Waals surface area contributed by atoms with Crippen molar-refractivity contribution in [2.24, 2.45) is 5.92 Å². The van der Waals surface area contributed by atoms with Gasteiger partial charge in [-0.25, -0.2) is 4.98 Å². The third-order valence-electron chi connectivity index (χ3n) is 2.91. The minimum Gasteiger partial charge on any atom is -0.391 e. The van der Waals surface area contributed by atoms with Crippen LogP contribution >= 0.6 is 23.7 Å². The van der Waals surface area contributed by atoms with Crippen molar-refractivity contribution in [1.82, 2.24) is 15.6 Å². The number of hydrogen-bond acceptors (Lipinski definition) is 5. The highest BCUT2D eigenvalue weighted by atomic mass is 35.5. The highest BCUT2D eigenvalue weighted by Crippen LogP contribution is 2.13. The van der Waals surface area contributed by atoms with Crippen LogP contribution in [-0.2, 0) is 13.0 Å². The van der Waals surface area contributed by atoms with Gasteiger partial charge >= 0.3 is 0 Å². The zero-order chi connectivity index (χ0) is 11.4. The molecule has 1 aromatic heterocycles. The number of aromatic nitrogens is 1. The molecule has 4 nitrogen and oxygen atoms in total. The SMILES string of the molecule is CCc1ncc(CNCC2CNCC2O)s1.Cl. The second-order valence-electron chi connectivity index (χ2n) is 4.19. The molecule has 2 rings (SSSR count). The lowest BCUT2D eigenvalue weighted by Crippen LogP contribution is -2.29. The Morgan fingerprint density at radius 2 is 2.41 bits per heavy atom. The lowest BCUT2D eigenvalue weighted by Gasteiger charge is -2.13. The average Bonchev–Trinajstić information content (AvgIpc) is 2.89. The molecule has 98 valence electrons. The van der Waals surface area contributed by atoms with E-state index in [4.69, 9.17) is 0 Å². The summed E-state index contributed by atoms with van der Waals surface area (Å²) < 4.78 is 0. The van der Waals surface area contributed by atoms with E-state index in [1.165, 1.54) is 9.88 Å². The summed E-state index contributed by atoms with van der Waals surface area (Å²) in [7, 11) is 0. The molecular weight excluding hydrogens is 258 g/mol. The second kappa shape index (κ2) is 7.28. The van der Waals surface area contributed by atoms with Crippen LogP contribution in [0.2, 0.25) is 0 Å². The zero-order valence-electron chi connectivity index (χ0n) is 9.98. The lowest BCUT2D eigenvalue weighted by atomic mass is 10.1. The van der Waals surface area contributed by atoms with Gasteiger partial charge in [0.25, 0.3) is 0 Å². The Hall–Kier alpha value is -0.200. The Kier molecular flexibility index (Phi) is 6.37. The van der Waals surface area contributed by atoms with E-state index in [1.54, 1.807) is 11.3 Å². The van der Waals surface area contributed by atoms with Gasteiger partial charge in [0.05, 0.1) is 11.1 Å². The van der Waals surface area contributed by atoms with E-state index in [9.17, 15) is 5.11 Å². The number of β-amino-alcohol motifs (C(OH)–C–C–N with tert-alkyl or cyclic N) is 1. The van der Waals surface area contributed by atoms with Crippen LogP contribution in [-0.4, -0.2) is 35.8 Å². The van der Waals surface area contributed by atoms with Crippen molar-refractivity contribution in [3.05, 3.63) is 16.1 Å². The lowest BCUT2D eigenvalue weighted by molar-refractivity contribution is 0.146. The summed E-state index contributed by atoms with van der Waals surface area (Å²) in [5.74, 6) is 0.346. The molecule has 0 spiro atoms. The van der Waals surface area contributed by atoms with Gasteiger partial charge in [0.1, 0.15) is 0 Å². The van der Waals surface area contributed by atoms with Gasteiger partial charge in [0, 0.05) is 43.2 Å². The number of nitrogens with zero attached hydrogens (tertiary/aromatic N) is 1. The maximum atomic E-state index is 9.62. The van der Waals surface area contributed by atoms with E-state index in [2.05, 4.69) is 22.5 Å². The first-order chi connectivity index (χ1) is 7.79. The minimum atomic E-state index is -0.194. The molecule has 1 aromatic rings. The van der Waals surface area contributed by atoms with Crippen LogP contribution < -0.4 is 10.6 Å². The maximum Gasteiger partial charge on any atom is 0.0925 e. The number of hydrogen-bond donors (Lipinski definition) is 3. The summed E-state index contributed by atoms with van der Waals surface area (Å²) in [6.07, 6.45) is 2.76. The molecule has 1 aliphatic rings. The predicted octanol–water partition coefficient (Wildman–Crippen LogP) is 0.797. The van der Waals surface area contributed by atoms with Crippen LogP contribution in [0.1, 0.15) is 16.8 Å². The smallest absolute Gasteiger partial charge is 0.0925 e. The van der Waals surface area contributed by atoms with E-state index < -0.39 is 0 Å². The van der Waals surface area contributed by atoms with Gasteiger partial charge in [-0.15, -0.1) is 23.7 Å². The second-order valence-corrected chi connectivity index (χ2v) is 5.39. The predicted molar refractivity (Wildman–Crippen MR) is 72.8 cm³/mol. The summed E-state index contributed by atoms with van der Waals surface area (Å²) in [6, 6.07) is 0. The molecule has 0 saturated carbocycles. The van der Waals surface area contributed by atoms with Gasteiger partial charge in [0.2, 0.25) is 0 Å². The monoisotopic (exact) mass is 277 g/mol. The van der Waals surface area contributed by atoms with Gasteiger partial charge in [-0.3, -0.25) is 0 Å². The van der Waals surface area contributed by atoms with Gasteiger partial charge in [-0.1, -0.05) is 6.92 Å². The molecule has 2 atom stereocenters. The largest absolute Gasteiger partial charge is 0.391 e. The Balaban J connectivity index is 0.00000144. The van der Waals surface area contributed by atoms with Crippen molar-refractivity contribution in [2.75, 3.05) is 19.6 Å². The van der Waals surface area contributed by atoms with Crippen LogP contribution in [0.15, 0.2) is 6.20 Å². The fraction of sp³-hybridized carbons (Fsp3) is 0.727. The first-order valence-electron chi connectivity index (χ1n) is 5.82. The Labute approximate surface area is 112 Å². The van der Waals surface area contributed by atoms with Gasteiger partial charge < -0.3 is 15.7 Å². The van der Waals surface area contributed by atoms with E-state index in [0.717, 1.165) is 32.6 Å². The van der Waals surface area contributed by atoms with Crippen molar-refractivity contribution >= 4 is 23.7 Å². The number of thiazole rings is 1. The fourth-order valence-corrected chi connectivity index (χ4v) is 2.73. The molecule has 0 bridgehead atoms. The summed E-state index contributed by atoms with van der Waals surface area (Å²) in [4.78, 5) is 5.59. The van der Waals surface area contributed by atoms with Gasteiger partial charge in [0.15, 0.2) is 0 Å². The molecule has 1 fully saturated rings. The van der Waals surface area contributed by atoms with Crippen molar-refractivity contribution in [1.29, 1.82) is 0 Å². The Morgan fingerprint density at radius 1 is 1.59 bits per heavy atom. The third kappa shape index (κ3) is 4.19. The zero-order valence-corrected chi connectivity index (χ0v) is 11.6. The standard InChI is InChI=1S/C11H19N3OS.ClH/c1-2-11-14-6-9(16-11)5-12-3-8-4-13-7-10(8)15;/h6,8,10,12-13,15H,2-5,7H2,1H3;1H. The van der Waals surface area contributed by atoms with Crippen LogP contribution in [0.5, 0.6) is 0 Å². The molecule has 17 heavy (non-hydrogen) atoms. The molecule has 1 aliphatic heterocycles. The van der Waals surface area contributed by atoms with Crippen molar-refractivity contribution in [2.45, 2.75) is 26.0 Å². The third-order valence-corrected chi connectivity index (χ3v) is 4.06. The van der Waals surface area contributed by atoms with Gasteiger partial charge in [-0.05, 0) is 6.42 Å². The highest BCUT2D eigenvalue weighted by molar-refractivity contribution is 7.11. The van der Waals surface area contributed by atoms with Crippen LogP contribution in [0, 0.1) is 5.92 Å². The molecule has 0 aromatic carbocycles. The van der Waals surface area contributed by atoms with Crippen molar-refractivity contribution < 1.29 is 5.11 Å². The van der Waals surface area contributed by atoms with Crippen LogP contribution in [0.25, 0.3) is 0 Å². The molecule has 2 unspecified atom stereocenters. The molecule has 2 heterocycles. The number of aliphatic hydroxyl groups is 1. The van der Waals surface area contributed by atoms with Gasteiger partial charge in [-0.2, -0.15) is 0 Å². The molecule has 0 aliphatic carbocycles.